The highest BCUT2D eigenvalue weighted by molar-refractivity contribution is 5.89. The Hall–Kier alpha value is -3.40. The lowest BCUT2D eigenvalue weighted by Gasteiger charge is -2.35. The second-order valence-electron chi connectivity index (χ2n) is 11.3. The zero-order chi connectivity index (χ0) is 27.4. The molecule has 0 bridgehead atoms. The Morgan fingerprint density at radius 2 is 1.79 bits per heavy atom. The van der Waals surface area contributed by atoms with Gasteiger partial charge in [0, 0.05) is 38.9 Å². The maximum Gasteiger partial charge on any atom is 0.415 e. The molecule has 10 nitrogen and oxygen atoms in total. The summed E-state index contributed by atoms with van der Waals surface area (Å²) in [4.78, 5) is 39.3. The van der Waals surface area contributed by atoms with Crippen molar-refractivity contribution in [3.05, 3.63) is 47.7 Å². The monoisotopic (exact) mass is 524 g/mol. The van der Waals surface area contributed by atoms with E-state index in [0.717, 1.165) is 25.2 Å². The van der Waals surface area contributed by atoms with E-state index in [1.807, 2.05) is 20.8 Å². The summed E-state index contributed by atoms with van der Waals surface area (Å²) in [5, 5.41) is 3.35. The number of carbonyl (C=O) groups excluding carboxylic acids is 2. The maximum absolute atomic E-state index is 12.3. The Morgan fingerprint density at radius 1 is 1.11 bits per heavy atom. The highest BCUT2D eigenvalue weighted by atomic mass is 16.6. The van der Waals surface area contributed by atoms with Gasteiger partial charge in [0.05, 0.1) is 12.1 Å². The Kier molecular flexibility index (Phi) is 8.40. The Bertz CT molecular complexity index is 1110. The molecule has 0 radical (unpaired) electrons. The fourth-order valence-electron chi connectivity index (χ4n) is 4.60. The van der Waals surface area contributed by atoms with Gasteiger partial charge >= 0.3 is 12.2 Å². The molecule has 2 fully saturated rings. The van der Waals surface area contributed by atoms with E-state index < -0.39 is 5.60 Å². The van der Waals surface area contributed by atoms with E-state index in [0.29, 0.717) is 31.5 Å². The molecule has 0 spiro atoms. The van der Waals surface area contributed by atoms with E-state index in [9.17, 15) is 9.59 Å². The van der Waals surface area contributed by atoms with Crippen LogP contribution in [0.3, 0.4) is 0 Å². The molecule has 1 N–H and O–H groups in total. The van der Waals surface area contributed by atoms with Crippen molar-refractivity contribution in [1.82, 2.24) is 19.8 Å². The van der Waals surface area contributed by atoms with Crippen LogP contribution in [0.15, 0.2) is 36.5 Å². The first-order valence-corrected chi connectivity index (χ1v) is 13.3. The third-order valence-electron chi connectivity index (χ3n) is 6.82. The Labute approximate surface area is 225 Å². The molecule has 1 aromatic carbocycles. The summed E-state index contributed by atoms with van der Waals surface area (Å²) in [6.45, 7) is 16.0. The smallest absolute Gasteiger partial charge is 0.415 e. The molecule has 4 rings (SSSR count). The summed E-state index contributed by atoms with van der Waals surface area (Å²) in [5.74, 6) is 1.25. The topological polar surface area (TPSA) is 100 Å². The zero-order valence-corrected chi connectivity index (χ0v) is 23.3. The summed E-state index contributed by atoms with van der Waals surface area (Å²) in [7, 11) is 0. The van der Waals surface area contributed by atoms with Crippen molar-refractivity contribution in [2.75, 3.05) is 43.0 Å². The molecule has 2 aromatic rings. The van der Waals surface area contributed by atoms with E-state index in [1.54, 1.807) is 22.1 Å². The van der Waals surface area contributed by atoms with Crippen molar-refractivity contribution in [3.8, 4) is 0 Å². The fourth-order valence-corrected chi connectivity index (χ4v) is 4.60. The van der Waals surface area contributed by atoms with Crippen LogP contribution in [0.2, 0.25) is 0 Å². The van der Waals surface area contributed by atoms with Gasteiger partial charge in [-0.3, -0.25) is 9.80 Å². The molecule has 0 saturated carbocycles. The minimum Gasteiger partial charge on any atom is -0.447 e. The molecule has 2 aliphatic heterocycles. The van der Waals surface area contributed by atoms with Gasteiger partial charge in [0.25, 0.3) is 0 Å². The molecule has 206 valence electrons. The van der Waals surface area contributed by atoms with Crippen LogP contribution in [0.5, 0.6) is 0 Å². The average Bonchev–Trinajstić information content (AvgIpc) is 3.26. The highest BCUT2D eigenvalue weighted by Crippen LogP contribution is 2.27. The van der Waals surface area contributed by atoms with Gasteiger partial charge in [-0.15, -0.1) is 0 Å². The fraction of sp³-hybridized carbons (Fsp3) is 0.571. The summed E-state index contributed by atoms with van der Waals surface area (Å²) in [5.41, 5.74) is 1.85. The number of cyclic esters (lactones) is 1. The number of anilines is 2. The summed E-state index contributed by atoms with van der Waals surface area (Å²) in [6.07, 6.45) is 1.05. The number of carbonyl (C=O) groups is 2. The van der Waals surface area contributed by atoms with Crippen LogP contribution in [-0.4, -0.2) is 76.4 Å². The first-order valence-electron chi connectivity index (χ1n) is 13.3. The number of aromatic nitrogens is 2. The molecule has 2 aliphatic rings. The van der Waals surface area contributed by atoms with Crippen molar-refractivity contribution in [1.29, 1.82) is 0 Å². The number of amides is 2. The number of rotatable bonds is 7. The third-order valence-corrected chi connectivity index (χ3v) is 6.82. The minimum atomic E-state index is -0.477. The van der Waals surface area contributed by atoms with E-state index in [4.69, 9.17) is 9.47 Å². The van der Waals surface area contributed by atoms with Gasteiger partial charge < -0.3 is 19.7 Å². The molecular formula is C28H40N6O4. The average molecular weight is 525 g/mol. The molecule has 2 saturated heterocycles. The predicted molar refractivity (Wildman–Crippen MR) is 146 cm³/mol. The highest BCUT2D eigenvalue weighted by Gasteiger charge is 2.37. The lowest BCUT2D eigenvalue weighted by molar-refractivity contribution is 0.0139. The molecule has 3 heterocycles. The number of benzene rings is 1. The summed E-state index contributed by atoms with van der Waals surface area (Å²) >= 11 is 0. The molecule has 10 heteroatoms. The van der Waals surface area contributed by atoms with Crippen LogP contribution >= 0.6 is 0 Å². The van der Waals surface area contributed by atoms with Crippen LogP contribution in [0.4, 0.5) is 21.4 Å². The van der Waals surface area contributed by atoms with Gasteiger partial charge in [-0.25, -0.2) is 14.6 Å². The number of hydrogen-bond acceptors (Lipinski definition) is 8. The molecule has 1 unspecified atom stereocenters. The number of ether oxygens (including phenoxy) is 2. The van der Waals surface area contributed by atoms with Crippen LogP contribution < -0.4 is 10.2 Å². The van der Waals surface area contributed by atoms with E-state index in [2.05, 4.69) is 65.2 Å². The number of nitrogens with zero attached hydrogens (tertiary/aromatic N) is 5. The van der Waals surface area contributed by atoms with Crippen LogP contribution in [0.25, 0.3) is 0 Å². The van der Waals surface area contributed by atoms with Gasteiger partial charge in [0.2, 0.25) is 5.95 Å². The Balaban J connectivity index is 1.31. The van der Waals surface area contributed by atoms with Crippen LogP contribution in [0.1, 0.15) is 58.7 Å². The SMILES string of the molecule is CC(Nc1nccc(N2C(=O)OC[C@@H]2C(C)C)n1)c1ccc(CN2CCN(C(=O)OC(C)(C)C)CC2)cc1. The predicted octanol–water partition coefficient (Wildman–Crippen LogP) is 4.68. The molecule has 38 heavy (non-hydrogen) atoms. The minimum absolute atomic E-state index is 0.0249. The van der Waals surface area contributed by atoms with Crippen LogP contribution in [-0.2, 0) is 16.0 Å². The van der Waals surface area contributed by atoms with Gasteiger partial charge in [0.15, 0.2) is 0 Å². The zero-order valence-electron chi connectivity index (χ0n) is 23.3. The van der Waals surface area contributed by atoms with Gasteiger partial charge in [-0.05, 0) is 50.8 Å². The van der Waals surface area contributed by atoms with Gasteiger partial charge in [0.1, 0.15) is 18.0 Å². The van der Waals surface area contributed by atoms with Crippen molar-refractivity contribution in [3.63, 3.8) is 0 Å². The number of nitrogens with one attached hydrogen (secondary N) is 1. The van der Waals surface area contributed by atoms with Crippen molar-refractivity contribution in [2.45, 2.75) is 65.8 Å². The molecule has 2 amide bonds. The molecule has 0 aliphatic carbocycles. The van der Waals surface area contributed by atoms with Crippen LogP contribution in [0, 0.1) is 5.92 Å². The second kappa shape index (κ2) is 11.6. The summed E-state index contributed by atoms with van der Waals surface area (Å²) in [6, 6.07) is 10.2. The lowest BCUT2D eigenvalue weighted by atomic mass is 10.0. The Morgan fingerprint density at radius 3 is 2.42 bits per heavy atom. The molecular weight excluding hydrogens is 484 g/mol. The van der Waals surface area contributed by atoms with Crippen molar-refractivity contribution >= 4 is 24.0 Å². The third kappa shape index (κ3) is 6.92. The first-order chi connectivity index (χ1) is 18.0. The van der Waals surface area contributed by atoms with Crippen molar-refractivity contribution in [2.24, 2.45) is 5.92 Å². The number of hydrogen-bond donors (Lipinski definition) is 1. The van der Waals surface area contributed by atoms with E-state index >= 15 is 0 Å². The van der Waals surface area contributed by atoms with Gasteiger partial charge in [-0.1, -0.05) is 38.1 Å². The standard InChI is InChI=1S/C28H40N6O4/c1-19(2)23-18-37-27(36)34(23)24-11-12-29-25(31-24)30-20(3)22-9-7-21(8-10-22)17-32-13-15-33(16-14-32)26(35)38-28(4,5)6/h7-12,19-20,23H,13-18H2,1-6H3,(H,29,30,31)/t20?,23-/m1/s1. The summed E-state index contributed by atoms with van der Waals surface area (Å²) < 4.78 is 10.8. The van der Waals surface area contributed by atoms with E-state index in [-0.39, 0.29) is 30.2 Å². The number of piperazine rings is 1. The normalized spacial score (nSPS) is 19.4. The lowest BCUT2D eigenvalue weighted by Crippen LogP contribution is -2.49. The largest absolute Gasteiger partial charge is 0.447 e. The molecule has 1 aromatic heterocycles. The van der Waals surface area contributed by atoms with Crippen molar-refractivity contribution < 1.29 is 19.1 Å². The second-order valence-corrected chi connectivity index (χ2v) is 11.3. The quantitative estimate of drug-likeness (QED) is 0.557. The van der Waals surface area contributed by atoms with E-state index in [1.165, 1.54) is 5.56 Å². The molecule has 2 atom stereocenters. The van der Waals surface area contributed by atoms with Gasteiger partial charge in [-0.2, -0.15) is 4.98 Å². The maximum atomic E-state index is 12.3. The first kappa shape index (κ1) is 27.6.